The largest absolute Gasteiger partial charge is 0.204 e. The van der Waals surface area contributed by atoms with Crippen LogP contribution in [0.15, 0.2) is 36.4 Å². The second-order valence-electron chi connectivity index (χ2n) is 5.04. The molecule has 0 amide bonds. The lowest BCUT2D eigenvalue weighted by Gasteiger charge is -2.10. The van der Waals surface area contributed by atoms with E-state index in [0.717, 1.165) is 5.56 Å². The number of aryl methyl sites for hydroxylation is 1. The summed E-state index contributed by atoms with van der Waals surface area (Å²) in [5.74, 6) is 1.16. The van der Waals surface area contributed by atoms with E-state index in [9.17, 15) is 0 Å². The molecule has 96 valence electrons. The van der Waals surface area contributed by atoms with Crippen LogP contribution in [-0.2, 0) is 7.05 Å². The van der Waals surface area contributed by atoms with Gasteiger partial charge in [0.05, 0.1) is 7.05 Å². The zero-order chi connectivity index (χ0) is 13.4. The number of nitrogens with zero attached hydrogens (tertiary/aromatic N) is 4. The van der Waals surface area contributed by atoms with Crippen LogP contribution in [0.1, 0.15) is 25.3 Å². The highest BCUT2D eigenvalue weighted by Crippen LogP contribution is 2.28. The summed E-state index contributed by atoms with van der Waals surface area (Å²) in [5, 5.41) is 14.7. The molecule has 0 aliphatic rings. The van der Waals surface area contributed by atoms with Crippen LogP contribution in [0.2, 0.25) is 0 Å². The molecule has 0 spiro atoms. The fourth-order valence-electron chi connectivity index (χ4n) is 2.34. The highest BCUT2D eigenvalue weighted by atomic mass is 15.6. The first-order valence-electron chi connectivity index (χ1n) is 6.42. The fraction of sp³-hybridized carbons (Fsp3) is 0.267. The summed E-state index contributed by atoms with van der Waals surface area (Å²) in [6, 6.07) is 12.7. The molecule has 0 fully saturated rings. The Hall–Kier alpha value is -2.23. The minimum Gasteiger partial charge on any atom is -0.167 e. The van der Waals surface area contributed by atoms with Gasteiger partial charge in [-0.05, 0) is 33.5 Å². The van der Waals surface area contributed by atoms with E-state index in [4.69, 9.17) is 0 Å². The number of tetrazole rings is 1. The van der Waals surface area contributed by atoms with Crippen molar-refractivity contribution in [2.45, 2.75) is 19.8 Å². The van der Waals surface area contributed by atoms with Gasteiger partial charge < -0.3 is 0 Å². The van der Waals surface area contributed by atoms with Crippen molar-refractivity contribution in [3.8, 4) is 11.4 Å². The lowest BCUT2D eigenvalue weighted by molar-refractivity contribution is 0.630. The van der Waals surface area contributed by atoms with Gasteiger partial charge in [0.15, 0.2) is 0 Å². The first kappa shape index (κ1) is 11.8. The van der Waals surface area contributed by atoms with Crippen LogP contribution in [-0.4, -0.2) is 20.2 Å². The van der Waals surface area contributed by atoms with E-state index in [-0.39, 0.29) is 0 Å². The van der Waals surface area contributed by atoms with Crippen molar-refractivity contribution < 1.29 is 0 Å². The quantitative estimate of drug-likeness (QED) is 0.703. The standard InChI is InChI=1S/C15H16N4/c1-10(2)13-6-4-5-11-7-8-12(9-14(11)13)15-16-18-19(3)17-15/h4-10H,1-3H3. The van der Waals surface area contributed by atoms with E-state index < -0.39 is 0 Å². The van der Waals surface area contributed by atoms with Crippen LogP contribution in [0, 0.1) is 0 Å². The first-order valence-corrected chi connectivity index (χ1v) is 6.42. The second kappa shape index (κ2) is 4.46. The van der Waals surface area contributed by atoms with Crippen molar-refractivity contribution in [3.05, 3.63) is 42.0 Å². The first-order chi connectivity index (χ1) is 9.15. The number of benzene rings is 2. The number of hydrogen-bond acceptors (Lipinski definition) is 3. The Labute approximate surface area is 112 Å². The summed E-state index contributed by atoms with van der Waals surface area (Å²) in [5.41, 5.74) is 2.36. The second-order valence-corrected chi connectivity index (χ2v) is 5.04. The van der Waals surface area contributed by atoms with Crippen molar-refractivity contribution >= 4 is 10.8 Å². The Bertz CT molecular complexity index is 728. The maximum Gasteiger partial charge on any atom is 0.204 e. The van der Waals surface area contributed by atoms with Gasteiger partial charge in [-0.15, -0.1) is 10.2 Å². The Morgan fingerprint density at radius 1 is 1.11 bits per heavy atom. The Morgan fingerprint density at radius 3 is 2.63 bits per heavy atom. The highest BCUT2D eigenvalue weighted by Gasteiger charge is 2.09. The Kier molecular flexibility index (Phi) is 2.78. The number of fused-ring (bicyclic) bond motifs is 1. The monoisotopic (exact) mass is 252 g/mol. The van der Waals surface area contributed by atoms with E-state index in [1.54, 1.807) is 7.05 Å². The van der Waals surface area contributed by atoms with Crippen LogP contribution < -0.4 is 0 Å². The molecule has 2 aromatic carbocycles. The zero-order valence-corrected chi connectivity index (χ0v) is 11.3. The molecule has 3 aromatic rings. The summed E-state index contributed by atoms with van der Waals surface area (Å²) in [6.45, 7) is 4.42. The van der Waals surface area contributed by atoms with E-state index in [2.05, 4.69) is 59.6 Å². The molecule has 0 atom stereocenters. The molecule has 0 unspecified atom stereocenters. The maximum atomic E-state index is 4.26. The van der Waals surface area contributed by atoms with Crippen LogP contribution >= 0.6 is 0 Å². The summed E-state index contributed by atoms with van der Waals surface area (Å²) >= 11 is 0. The molecule has 0 aliphatic heterocycles. The molecule has 3 rings (SSSR count). The Balaban J connectivity index is 2.21. The minimum atomic E-state index is 0.494. The normalized spacial score (nSPS) is 11.4. The van der Waals surface area contributed by atoms with Gasteiger partial charge in [-0.2, -0.15) is 4.80 Å². The van der Waals surface area contributed by atoms with Crippen molar-refractivity contribution in [3.63, 3.8) is 0 Å². The van der Waals surface area contributed by atoms with Crippen LogP contribution in [0.3, 0.4) is 0 Å². The van der Waals surface area contributed by atoms with Gasteiger partial charge in [0.2, 0.25) is 5.82 Å². The van der Waals surface area contributed by atoms with Crippen LogP contribution in [0.5, 0.6) is 0 Å². The SMILES string of the molecule is CC(C)c1cccc2ccc(-c3nnn(C)n3)cc12. The van der Waals surface area contributed by atoms with Gasteiger partial charge in [0.1, 0.15) is 0 Å². The molecule has 0 N–H and O–H groups in total. The minimum absolute atomic E-state index is 0.494. The van der Waals surface area contributed by atoms with Crippen molar-refractivity contribution in [1.29, 1.82) is 0 Å². The lowest BCUT2D eigenvalue weighted by Crippen LogP contribution is -1.92. The predicted molar refractivity (Wildman–Crippen MR) is 75.8 cm³/mol. The molecular formula is C15H16N4. The van der Waals surface area contributed by atoms with Gasteiger partial charge in [0.25, 0.3) is 0 Å². The van der Waals surface area contributed by atoms with E-state index >= 15 is 0 Å². The van der Waals surface area contributed by atoms with E-state index in [1.807, 2.05) is 6.07 Å². The molecule has 0 saturated carbocycles. The average molecular weight is 252 g/mol. The molecule has 1 aromatic heterocycles. The molecule has 1 heterocycles. The average Bonchev–Trinajstić information content (AvgIpc) is 2.84. The van der Waals surface area contributed by atoms with Gasteiger partial charge in [0, 0.05) is 5.56 Å². The van der Waals surface area contributed by atoms with Gasteiger partial charge >= 0.3 is 0 Å². The highest BCUT2D eigenvalue weighted by molar-refractivity contribution is 5.89. The van der Waals surface area contributed by atoms with Crippen LogP contribution in [0.4, 0.5) is 0 Å². The van der Waals surface area contributed by atoms with E-state index in [1.165, 1.54) is 21.1 Å². The third-order valence-electron chi connectivity index (χ3n) is 3.30. The molecule has 0 aliphatic carbocycles. The maximum absolute atomic E-state index is 4.26. The molecule has 4 nitrogen and oxygen atoms in total. The third kappa shape index (κ3) is 2.10. The van der Waals surface area contributed by atoms with Gasteiger partial charge in [-0.3, -0.25) is 0 Å². The van der Waals surface area contributed by atoms with Gasteiger partial charge in [-0.25, -0.2) is 0 Å². The van der Waals surface area contributed by atoms with Crippen LogP contribution in [0.25, 0.3) is 22.2 Å². The predicted octanol–water partition coefficient (Wildman–Crippen LogP) is 3.15. The van der Waals surface area contributed by atoms with Crippen molar-refractivity contribution in [2.24, 2.45) is 7.05 Å². The summed E-state index contributed by atoms with van der Waals surface area (Å²) in [7, 11) is 1.77. The topological polar surface area (TPSA) is 43.6 Å². The van der Waals surface area contributed by atoms with E-state index in [0.29, 0.717) is 11.7 Å². The molecule has 0 radical (unpaired) electrons. The smallest absolute Gasteiger partial charge is 0.167 e. The van der Waals surface area contributed by atoms with Crippen molar-refractivity contribution in [1.82, 2.24) is 20.2 Å². The molecule has 19 heavy (non-hydrogen) atoms. The fourth-order valence-corrected chi connectivity index (χ4v) is 2.34. The zero-order valence-electron chi connectivity index (χ0n) is 11.3. The molecule has 0 saturated heterocycles. The number of rotatable bonds is 2. The molecule has 0 bridgehead atoms. The summed E-state index contributed by atoms with van der Waals surface area (Å²) in [6.07, 6.45) is 0. The van der Waals surface area contributed by atoms with Gasteiger partial charge in [-0.1, -0.05) is 44.2 Å². The summed E-state index contributed by atoms with van der Waals surface area (Å²) in [4.78, 5) is 1.48. The lowest BCUT2D eigenvalue weighted by atomic mass is 9.95. The molecule has 4 heteroatoms. The number of hydrogen-bond donors (Lipinski definition) is 0. The Morgan fingerprint density at radius 2 is 1.95 bits per heavy atom. The number of aromatic nitrogens is 4. The van der Waals surface area contributed by atoms with Crippen molar-refractivity contribution in [2.75, 3.05) is 0 Å². The molecular weight excluding hydrogens is 236 g/mol. The summed E-state index contributed by atoms with van der Waals surface area (Å²) < 4.78 is 0. The third-order valence-corrected chi connectivity index (χ3v) is 3.30.